The number of aromatic nitrogens is 2. The molecule has 0 radical (unpaired) electrons. The fraction of sp³-hybridized carbons (Fsp3) is 0.0152. The van der Waals surface area contributed by atoms with Crippen LogP contribution in [-0.4, -0.2) is 9.13 Å². The van der Waals surface area contributed by atoms with E-state index in [0.29, 0.717) is 55.9 Å². The molecule has 76 heavy (non-hydrogen) atoms. The van der Waals surface area contributed by atoms with Crippen LogP contribution in [0.4, 0.5) is 24.5 Å². The van der Waals surface area contributed by atoms with Crippen molar-refractivity contribution in [1.29, 1.82) is 15.8 Å². The van der Waals surface area contributed by atoms with Gasteiger partial charge in [-0.15, -0.1) is 0 Å². The summed E-state index contributed by atoms with van der Waals surface area (Å²) in [5.41, 5.74) is 11.3. The summed E-state index contributed by atoms with van der Waals surface area (Å²) in [6.07, 6.45) is -4.78. The normalized spacial score (nSPS) is 11.3. The summed E-state index contributed by atoms with van der Waals surface area (Å²) in [4.78, 5) is 7.14. The Morgan fingerprint density at radius 2 is 0.724 bits per heavy atom. The molecule has 0 amide bonds. The first kappa shape index (κ1) is 46.1. The summed E-state index contributed by atoms with van der Waals surface area (Å²) in [5, 5.41) is 34.0. The fourth-order valence-electron chi connectivity index (χ4n) is 10.4. The maximum Gasteiger partial charge on any atom is 0.417 e. The average molecular weight is 982 g/mol. The Morgan fingerprint density at radius 3 is 1.08 bits per heavy atom. The lowest BCUT2D eigenvalue weighted by atomic mass is 9.94. The van der Waals surface area contributed by atoms with Crippen LogP contribution in [0, 0.1) is 47.1 Å². The summed E-state index contributed by atoms with van der Waals surface area (Å²) >= 11 is 0. The maximum atomic E-state index is 15.6. The van der Waals surface area contributed by atoms with Crippen LogP contribution in [0.3, 0.4) is 0 Å². The van der Waals surface area contributed by atoms with Crippen molar-refractivity contribution < 1.29 is 13.2 Å². The first-order chi connectivity index (χ1) is 37.0. The van der Waals surface area contributed by atoms with Crippen LogP contribution in [0.1, 0.15) is 22.3 Å². The van der Waals surface area contributed by atoms with Gasteiger partial charge in [0.05, 0.1) is 81.0 Å². The van der Waals surface area contributed by atoms with E-state index < -0.39 is 11.7 Å². The molecule has 10 heteroatoms. The van der Waals surface area contributed by atoms with Gasteiger partial charge < -0.3 is 9.13 Å². The minimum absolute atomic E-state index is 0.0977. The van der Waals surface area contributed by atoms with E-state index in [-0.39, 0.29) is 16.7 Å². The van der Waals surface area contributed by atoms with Crippen molar-refractivity contribution in [3.05, 3.63) is 251 Å². The lowest BCUT2D eigenvalue weighted by molar-refractivity contribution is -0.137. The van der Waals surface area contributed by atoms with Gasteiger partial charge in [-0.05, 0) is 117 Å². The fourth-order valence-corrected chi connectivity index (χ4v) is 10.4. The molecule has 0 fully saturated rings. The van der Waals surface area contributed by atoms with E-state index in [9.17, 15) is 15.8 Å². The highest BCUT2D eigenvalue weighted by Crippen LogP contribution is 2.46. The minimum Gasteiger partial charge on any atom is -0.309 e. The zero-order valence-corrected chi connectivity index (χ0v) is 39.9. The molecule has 0 saturated heterocycles. The molecule has 12 aromatic rings. The molecule has 10 aromatic carbocycles. The van der Waals surface area contributed by atoms with Gasteiger partial charge in [-0.2, -0.15) is 29.0 Å². The van der Waals surface area contributed by atoms with Crippen molar-refractivity contribution >= 4 is 55.0 Å². The van der Waals surface area contributed by atoms with Crippen LogP contribution in [0.25, 0.3) is 120 Å². The Morgan fingerprint density at radius 1 is 0.368 bits per heavy atom. The Kier molecular flexibility index (Phi) is 11.1. The molecule has 0 atom stereocenters. The molecule has 0 bridgehead atoms. The molecule has 2 aromatic heterocycles. The Labute approximate surface area is 433 Å². The van der Waals surface area contributed by atoms with Crippen LogP contribution >= 0.6 is 0 Å². The molecule has 0 aliphatic heterocycles. The summed E-state index contributed by atoms with van der Waals surface area (Å²) < 4.78 is 50.7. The molecule has 2 heterocycles. The number of hydrogen-bond acceptors (Lipinski definition) is 3. The van der Waals surface area contributed by atoms with Crippen LogP contribution in [0.5, 0.6) is 0 Å². The van der Waals surface area contributed by atoms with Gasteiger partial charge in [0.2, 0.25) is 0 Å². The highest BCUT2D eigenvalue weighted by atomic mass is 19.4. The molecular weight excluding hydrogens is 948 g/mol. The van der Waals surface area contributed by atoms with Gasteiger partial charge in [0.15, 0.2) is 11.4 Å². The SMILES string of the molecule is [C-]#[N+]c1ccc(-c2ccc3c4ccc(-c5ccc(C#N)cc5)cc4n(-c4cc(-c5ccccc5C(F)(F)F)c(-n5c6cc(-c7ccc(C#N)cc7)ccc6c6ccc(-c7ccc([N+]#[C-])cc7)cc65)cc4C#N)c3c2)cc1. The molecule has 0 aliphatic carbocycles. The van der Waals surface area contributed by atoms with Gasteiger partial charge >= 0.3 is 6.18 Å². The van der Waals surface area contributed by atoms with E-state index in [2.05, 4.69) is 27.9 Å². The Bertz CT molecular complexity index is 4360. The number of fused-ring (bicyclic) bond motifs is 6. The van der Waals surface area contributed by atoms with Crippen molar-refractivity contribution in [2.24, 2.45) is 0 Å². The van der Waals surface area contributed by atoms with E-state index in [1.807, 2.05) is 130 Å². The van der Waals surface area contributed by atoms with Crippen LogP contribution in [0.15, 0.2) is 206 Å². The first-order valence-electron chi connectivity index (χ1n) is 23.9. The van der Waals surface area contributed by atoms with Gasteiger partial charge in [0.1, 0.15) is 6.07 Å². The molecule has 0 saturated carbocycles. The maximum absolute atomic E-state index is 15.6. The molecule has 0 unspecified atom stereocenters. The zero-order chi connectivity index (χ0) is 52.2. The number of hydrogen-bond donors (Lipinski definition) is 0. The second-order valence-corrected chi connectivity index (χ2v) is 18.3. The number of nitrogens with zero attached hydrogens (tertiary/aromatic N) is 7. The number of alkyl halides is 3. The summed E-state index contributed by atoms with van der Waals surface area (Å²) in [6, 6.07) is 68.5. The summed E-state index contributed by atoms with van der Waals surface area (Å²) in [7, 11) is 0. The number of halogens is 3. The lowest BCUT2D eigenvalue weighted by Crippen LogP contribution is -2.09. The average Bonchev–Trinajstić information content (AvgIpc) is 4.06. The van der Waals surface area contributed by atoms with Gasteiger partial charge in [-0.25, -0.2) is 9.69 Å². The number of benzene rings is 10. The zero-order valence-electron chi connectivity index (χ0n) is 39.9. The third kappa shape index (κ3) is 7.83. The predicted molar refractivity (Wildman–Crippen MR) is 294 cm³/mol. The predicted octanol–water partition coefficient (Wildman–Crippen LogP) is 18.0. The van der Waals surface area contributed by atoms with Crippen LogP contribution in [-0.2, 0) is 6.18 Å². The minimum atomic E-state index is -4.78. The third-order valence-electron chi connectivity index (χ3n) is 14.1. The van der Waals surface area contributed by atoms with Gasteiger partial charge in [-0.3, -0.25) is 0 Å². The topological polar surface area (TPSA) is 89.9 Å². The second kappa shape index (κ2) is 18.3. The van der Waals surface area contributed by atoms with Crippen molar-refractivity contribution in [3.63, 3.8) is 0 Å². The Hall–Kier alpha value is -11.0. The largest absolute Gasteiger partial charge is 0.417 e. The van der Waals surface area contributed by atoms with Gasteiger partial charge in [0.25, 0.3) is 0 Å². The highest BCUT2D eigenvalue weighted by molar-refractivity contribution is 6.13. The van der Waals surface area contributed by atoms with E-state index in [0.717, 1.165) is 72.1 Å². The quantitative estimate of drug-likeness (QED) is 0.149. The monoisotopic (exact) mass is 981 g/mol. The summed E-state index contributed by atoms with van der Waals surface area (Å²) in [6.45, 7) is 15.1. The van der Waals surface area contributed by atoms with E-state index in [1.54, 1.807) is 66.7 Å². The van der Waals surface area contributed by atoms with Gasteiger partial charge in [0, 0.05) is 27.1 Å². The van der Waals surface area contributed by atoms with Crippen molar-refractivity contribution in [2.75, 3.05) is 0 Å². The van der Waals surface area contributed by atoms with Crippen LogP contribution < -0.4 is 0 Å². The van der Waals surface area contributed by atoms with Crippen molar-refractivity contribution in [1.82, 2.24) is 9.13 Å². The molecule has 354 valence electrons. The van der Waals surface area contributed by atoms with Gasteiger partial charge in [-0.1, -0.05) is 140 Å². The molecule has 12 rings (SSSR count). The molecule has 7 nitrogen and oxygen atoms in total. The Balaban J connectivity index is 1.20. The molecule has 0 aliphatic rings. The van der Waals surface area contributed by atoms with Crippen LogP contribution in [0.2, 0.25) is 0 Å². The molecule has 0 spiro atoms. The van der Waals surface area contributed by atoms with E-state index in [4.69, 9.17) is 13.1 Å². The summed E-state index contributed by atoms with van der Waals surface area (Å²) in [5.74, 6) is 0. The standard InChI is InChI=1S/C66H34F3N7/c1-73-51-23-15-44(16-24-51)48-21-28-55-54-27-19-46(42-11-7-40(37-70)8-12-42)31-61(54)75(62(55)32-48)60-36-58(53-5-3-4-6-59(53)66(67,68)69)65(35-50(60)39-72)76-63-33-47(43-13-9-41(38-71)10-14-43)20-29-56(63)57-30-22-49(34-64(57)76)45-17-25-52(74-2)26-18-45/h3-36H. The van der Waals surface area contributed by atoms with Crippen molar-refractivity contribution in [3.8, 4) is 85.2 Å². The van der Waals surface area contributed by atoms with E-state index >= 15 is 13.2 Å². The highest BCUT2D eigenvalue weighted by Gasteiger charge is 2.35. The number of nitriles is 3. The second-order valence-electron chi connectivity index (χ2n) is 18.3. The molecular formula is C66H34F3N7. The number of rotatable bonds is 7. The van der Waals surface area contributed by atoms with Crippen molar-refractivity contribution in [2.45, 2.75) is 6.18 Å². The van der Waals surface area contributed by atoms with E-state index in [1.165, 1.54) is 12.1 Å². The lowest BCUT2D eigenvalue weighted by Gasteiger charge is -2.21. The first-order valence-corrected chi connectivity index (χ1v) is 23.9. The third-order valence-corrected chi connectivity index (χ3v) is 14.1. The smallest absolute Gasteiger partial charge is 0.309 e. The molecule has 0 N–H and O–H groups in total.